The number of aromatic nitrogens is 1. The predicted molar refractivity (Wildman–Crippen MR) is 105 cm³/mol. The Hall–Kier alpha value is -2.25. The van der Waals surface area contributed by atoms with Crippen LogP contribution in [0.2, 0.25) is 0 Å². The first-order valence-electron chi connectivity index (χ1n) is 9.10. The van der Waals surface area contributed by atoms with E-state index in [1.807, 2.05) is 18.2 Å². The van der Waals surface area contributed by atoms with Crippen molar-refractivity contribution >= 4 is 18.3 Å². The van der Waals surface area contributed by atoms with Crippen LogP contribution in [0, 0.1) is 0 Å². The van der Waals surface area contributed by atoms with Crippen LogP contribution in [0.5, 0.6) is 5.75 Å². The number of nitrogens with zero attached hydrogens (tertiary/aromatic N) is 2. The van der Waals surface area contributed by atoms with Crippen LogP contribution in [0.3, 0.4) is 0 Å². The van der Waals surface area contributed by atoms with E-state index in [-0.39, 0.29) is 30.1 Å². The first-order chi connectivity index (χ1) is 13.1. The zero-order valence-corrected chi connectivity index (χ0v) is 16.2. The van der Waals surface area contributed by atoms with Gasteiger partial charge in [-0.1, -0.05) is 12.1 Å². The standard InChI is InChI=1S/C20H23F2N3O2.ClH/c21-20(22)27-18-8-3-5-15(13-18)19(26)25(14-16-6-1-2-11-24-16)17-7-4-10-23-12-9-17;/h1-3,5-6,8,11,13,17,20,23H,4,7,9-10,12,14H2;1H. The number of amides is 1. The highest BCUT2D eigenvalue weighted by molar-refractivity contribution is 5.94. The summed E-state index contributed by atoms with van der Waals surface area (Å²) in [5.74, 6) is -0.219. The summed E-state index contributed by atoms with van der Waals surface area (Å²) in [4.78, 5) is 19.4. The Morgan fingerprint density at radius 2 is 2.07 bits per heavy atom. The van der Waals surface area contributed by atoms with Gasteiger partial charge in [-0.3, -0.25) is 9.78 Å². The van der Waals surface area contributed by atoms with E-state index in [0.29, 0.717) is 12.1 Å². The Morgan fingerprint density at radius 3 is 2.82 bits per heavy atom. The Balaban J connectivity index is 0.00000280. The van der Waals surface area contributed by atoms with Gasteiger partial charge in [0, 0.05) is 17.8 Å². The first kappa shape index (κ1) is 22.0. The monoisotopic (exact) mass is 411 g/mol. The van der Waals surface area contributed by atoms with Gasteiger partial charge in [-0.15, -0.1) is 12.4 Å². The summed E-state index contributed by atoms with van der Waals surface area (Å²) in [6, 6.07) is 11.6. The van der Waals surface area contributed by atoms with Crippen molar-refractivity contribution in [3.63, 3.8) is 0 Å². The summed E-state index contributed by atoms with van der Waals surface area (Å²) in [6.07, 6.45) is 4.40. The van der Waals surface area contributed by atoms with Crippen molar-refractivity contribution in [3.05, 3.63) is 59.9 Å². The Labute approximate surface area is 169 Å². The van der Waals surface area contributed by atoms with Crippen molar-refractivity contribution in [2.24, 2.45) is 0 Å². The van der Waals surface area contributed by atoms with E-state index in [2.05, 4.69) is 15.0 Å². The molecule has 0 spiro atoms. The molecule has 152 valence electrons. The SMILES string of the molecule is Cl.O=C(c1cccc(OC(F)F)c1)N(Cc1ccccn1)C1CCCNCC1. The summed E-state index contributed by atoms with van der Waals surface area (Å²) in [7, 11) is 0. The Bertz CT molecular complexity index is 741. The maximum Gasteiger partial charge on any atom is 0.387 e. The lowest BCUT2D eigenvalue weighted by molar-refractivity contribution is -0.0499. The van der Waals surface area contributed by atoms with Crippen molar-refractivity contribution in [1.29, 1.82) is 0 Å². The van der Waals surface area contributed by atoms with Crippen molar-refractivity contribution in [2.75, 3.05) is 13.1 Å². The smallest absolute Gasteiger partial charge is 0.387 e. The van der Waals surface area contributed by atoms with Crippen LogP contribution in [0.25, 0.3) is 0 Å². The highest BCUT2D eigenvalue weighted by atomic mass is 35.5. The fourth-order valence-corrected chi connectivity index (χ4v) is 3.32. The van der Waals surface area contributed by atoms with Crippen LogP contribution in [0.4, 0.5) is 8.78 Å². The molecule has 1 amide bonds. The van der Waals surface area contributed by atoms with Crippen LogP contribution in [-0.2, 0) is 6.54 Å². The molecule has 1 aliphatic heterocycles. The molecule has 0 saturated carbocycles. The van der Waals surface area contributed by atoms with E-state index in [9.17, 15) is 13.6 Å². The average Bonchev–Trinajstić information content (AvgIpc) is 2.95. The molecule has 28 heavy (non-hydrogen) atoms. The summed E-state index contributed by atoms with van der Waals surface area (Å²) in [6.45, 7) is -0.775. The number of alkyl halides is 2. The molecule has 3 rings (SSSR count). The minimum Gasteiger partial charge on any atom is -0.435 e. The summed E-state index contributed by atoms with van der Waals surface area (Å²) < 4.78 is 29.4. The lowest BCUT2D eigenvalue weighted by atomic mass is 10.0. The van der Waals surface area contributed by atoms with Crippen molar-refractivity contribution in [3.8, 4) is 5.75 Å². The third-order valence-electron chi connectivity index (χ3n) is 4.61. The molecule has 0 bridgehead atoms. The second-order valence-corrected chi connectivity index (χ2v) is 6.50. The van der Waals surface area contributed by atoms with Crippen molar-refractivity contribution in [1.82, 2.24) is 15.2 Å². The van der Waals surface area contributed by atoms with Gasteiger partial charge in [-0.05, 0) is 62.7 Å². The fourth-order valence-electron chi connectivity index (χ4n) is 3.32. The molecule has 0 aliphatic carbocycles. The number of benzene rings is 1. The minimum absolute atomic E-state index is 0. The molecular formula is C20H24ClF2N3O2. The summed E-state index contributed by atoms with van der Waals surface area (Å²) >= 11 is 0. The number of carbonyl (C=O) groups excluding carboxylic acids is 1. The molecule has 1 fully saturated rings. The minimum atomic E-state index is -2.92. The normalized spacial score (nSPS) is 16.8. The van der Waals surface area contributed by atoms with E-state index in [4.69, 9.17) is 0 Å². The molecule has 1 unspecified atom stereocenters. The molecule has 1 saturated heterocycles. The summed E-state index contributed by atoms with van der Waals surface area (Å²) in [5.41, 5.74) is 1.13. The summed E-state index contributed by atoms with van der Waals surface area (Å²) in [5, 5.41) is 3.35. The second-order valence-electron chi connectivity index (χ2n) is 6.50. The molecule has 0 radical (unpaired) electrons. The molecule has 1 aromatic heterocycles. The van der Waals surface area contributed by atoms with Gasteiger partial charge in [0.1, 0.15) is 5.75 Å². The van der Waals surface area contributed by atoms with Crippen LogP contribution >= 0.6 is 12.4 Å². The zero-order chi connectivity index (χ0) is 19.1. The van der Waals surface area contributed by atoms with E-state index < -0.39 is 6.61 Å². The fraction of sp³-hybridized carbons (Fsp3) is 0.400. The number of hydrogen-bond acceptors (Lipinski definition) is 4. The zero-order valence-electron chi connectivity index (χ0n) is 15.4. The van der Waals surface area contributed by atoms with E-state index in [1.54, 1.807) is 23.2 Å². The van der Waals surface area contributed by atoms with Gasteiger partial charge in [-0.2, -0.15) is 8.78 Å². The van der Waals surface area contributed by atoms with Gasteiger partial charge < -0.3 is 15.0 Å². The highest BCUT2D eigenvalue weighted by Gasteiger charge is 2.26. The number of rotatable bonds is 6. The van der Waals surface area contributed by atoms with Crippen molar-refractivity contribution in [2.45, 2.75) is 38.5 Å². The number of nitrogens with one attached hydrogen (secondary N) is 1. The van der Waals surface area contributed by atoms with E-state index in [0.717, 1.165) is 38.0 Å². The quantitative estimate of drug-likeness (QED) is 0.783. The molecule has 5 nitrogen and oxygen atoms in total. The number of carbonyl (C=O) groups is 1. The Morgan fingerprint density at radius 1 is 1.21 bits per heavy atom. The molecule has 1 atom stereocenters. The molecule has 1 N–H and O–H groups in total. The van der Waals surface area contributed by atoms with Gasteiger partial charge in [0.15, 0.2) is 0 Å². The molecule has 2 heterocycles. The molecule has 1 aliphatic rings. The maximum atomic E-state index is 13.2. The van der Waals surface area contributed by atoms with Crippen LogP contribution in [0.15, 0.2) is 48.7 Å². The van der Waals surface area contributed by atoms with Gasteiger partial charge >= 0.3 is 6.61 Å². The predicted octanol–water partition coefficient (Wildman–Crippen LogP) is 3.89. The number of pyridine rings is 1. The van der Waals surface area contributed by atoms with Crippen LogP contribution in [0.1, 0.15) is 35.3 Å². The second kappa shape index (κ2) is 10.9. The third kappa shape index (κ3) is 6.14. The molecule has 8 heteroatoms. The number of ether oxygens (including phenoxy) is 1. The number of halogens is 3. The average molecular weight is 412 g/mol. The van der Waals surface area contributed by atoms with Crippen LogP contribution < -0.4 is 10.1 Å². The van der Waals surface area contributed by atoms with E-state index in [1.165, 1.54) is 12.1 Å². The molecule has 1 aromatic carbocycles. The number of hydrogen-bond donors (Lipinski definition) is 1. The van der Waals surface area contributed by atoms with Gasteiger partial charge in [0.05, 0.1) is 12.2 Å². The van der Waals surface area contributed by atoms with Gasteiger partial charge in [-0.25, -0.2) is 0 Å². The lowest BCUT2D eigenvalue weighted by Gasteiger charge is -2.31. The third-order valence-corrected chi connectivity index (χ3v) is 4.61. The van der Waals surface area contributed by atoms with E-state index >= 15 is 0 Å². The van der Waals surface area contributed by atoms with Gasteiger partial charge in [0.25, 0.3) is 5.91 Å². The van der Waals surface area contributed by atoms with Crippen molar-refractivity contribution < 1.29 is 18.3 Å². The van der Waals surface area contributed by atoms with Gasteiger partial charge in [0.2, 0.25) is 0 Å². The maximum absolute atomic E-state index is 13.2. The molecular weight excluding hydrogens is 388 g/mol. The lowest BCUT2D eigenvalue weighted by Crippen LogP contribution is -2.40. The van der Waals surface area contributed by atoms with Crippen LogP contribution in [-0.4, -0.2) is 41.5 Å². The topological polar surface area (TPSA) is 54.5 Å². The first-order valence-corrected chi connectivity index (χ1v) is 9.10. The largest absolute Gasteiger partial charge is 0.435 e. The Kier molecular flexibility index (Phi) is 8.60. The highest BCUT2D eigenvalue weighted by Crippen LogP contribution is 2.22. The molecule has 2 aromatic rings.